The molecule has 0 bridgehead atoms. The molecule has 3 heterocycles. The predicted molar refractivity (Wildman–Crippen MR) is 142 cm³/mol. The molecule has 3 aromatic rings. The van der Waals surface area contributed by atoms with Crippen molar-refractivity contribution in [3.8, 4) is 0 Å². The van der Waals surface area contributed by atoms with Gasteiger partial charge in [-0.25, -0.2) is 9.07 Å². The standard InChI is InChI=1S/C26H26Br2FN5O3/c1-14-9-17(23-13-34(32-31-23)15(2)16-3-5-21(29)20(28)10-16)7-8-33(14)25(36)26(37)12-24(35)30-22-6-4-18(27)11-19(22)26/h3-6,10-11,13-15,17,37H,7-9,12H2,1-2H3,(H,30,35)/t14?,15-,17?,26?/m0/s1. The second kappa shape index (κ2) is 9.92. The van der Waals surface area contributed by atoms with Gasteiger partial charge in [0.2, 0.25) is 5.91 Å². The SMILES string of the molecule is CC1CC(c2cn([C@@H](C)c3ccc(F)c(Br)c3)nn2)CCN1C(=O)C1(O)CC(=O)Nc2ccc(Br)cc21. The summed E-state index contributed by atoms with van der Waals surface area (Å²) in [5, 5.41) is 23.0. The van der Waals surface area contributed by atoms with E-state index >= 15 is 0 Å². The number of halogens is 3. The van der Waals surface area contributed by atoms with Crippen LogP contribution >= 0.6 is 31.9 Å². The Morgan fingerprint density at radius 1 is 1.27 bits per heavy atom. The molecular formula is C26H26Br2FN5O3. The van der Waals surface area contributed by atoms with Crippen molar-refractivity contribution >= 4 is 49.4 Å². The third-order valence-electron chi connectivity index (χ3n) is 7.38. The molecule has 1 fully saturated rings. The van der Waals surface area contributed by atoms with E-state index in [1.54, 1.807) is 39.9 Å². The van der Waals surface area contributed by atoms with Gasteiger partial charge in [0.25, 0.3) is 5.91 Å². The molecule has 5 rings (SSSR count). The number of rotatable bonds is 4. The van der Waals surface area contributed by atoms with E-state index in [2.05, 4.69) is 47.5 Å². The Kier molecular flexibility index (Phi) is 6.97. The number of hydrogen-bond donors (Lipinski definition) is 2. The molecule has 2 aliphatic heterocycles. The van der Waals surface area contributed by atoms with Crippen LogP contribution in [-0.2, 0) is 15.2 Å². The van der Waals surface area contributed by atoms with Crippen molar-refractivity contribution in [2.75, 3.05) is 11.9 Å². The maximum absolute atomic E-state index is 13.7. The van der Waals surface area contributed by atoms with Crippen molar-refractivity contribution in [1.82, 2.24) is 19.9 Å². The minimum absolute atomic E-state index is 0.0886. The van der Waals surface area contributed by atoms with Crippen LogP contribution < -0.4 is 5.32 Å². The highest BCUT2D eigenvalue weighted by molar-refractivity contribution is 9.10. The number of hydrogen-bond acceptors (Lipinski definition) is 5. The summed E-state index contributed by atoms with van der Waals surface area (Å²) in [6, 6.07) is 9.69. The van der Waals surface area contributed by atoms with Crippen molar-refractivity contribution in [2.24, 2.45) is 0 Å². The van der Waals surface area contributed by atoms with E-state index < -0.39 is 17.4 Å². The number of piperidine rings is 1. The van der Waals surface area contributed by atoms with E-state index in [4.69, 9.17) is 0 Å². The van der Waals surface area contributed by atoms with Crippen LogP contribution in [0, 0.1) is 5.82 Å². The first-order valence-electron chi connectivity index (χ1n) is 12.1. The van der Waals surface area contributed by atoms with E-state index in [-0.39, 0.29) is 30.2 Å². The van der Waals surface area contributed by atoms with Crippen LogP contribution in [0.25, 0.3) is 0 Å². The molecule has 0 radical (unpaired) electrons. The second-order valence-corrected chi connectivity index (χ2v) is 11.6. The van der Waals surface area contributed by atoms with Crippen LogP contribution in [0.3, 0.4) is 0 Å². The number of carbonyl (C=O) groups is 2. The molecule has 2 aliphatic rings. The number of nitrogens with one attached hydrogen (secondary N) is 1. The molecule has 2 N–H and O–H groups in total. The van der Waals surface area contributed by atoms with Crippen LogP contribution in [0.15, 0.2) is 51.5 Å². The van der Waals surface area contributed by atoms with Crippen LogP contribution in [0.4, 0.5) is 10.1 Å². The number of aliphatic hydroxyl groups is 1. The second-order valence-electron chi connectivity index (χ2n) is 9.82. The van der Waals surface area contributed by atoms with E-state index in [1.807, 2.05) is 20.0 Å². The van der Waals surface area contributed by atoms with Gasteiger partial charge in [-0.05, 0) is 78.5 Å². The molecular weight excluding hydrogens is 609 g/mol. The first-order valence-corrected chi connectivity index (χ1v) is 13.7. The van der Waals surface area contributed by atoms with E-state index in [1.165, 1.54) is 6.07 Å². The van der Waals surface area contributed by atoms with Crippen LogP contribution in [0.5, 0.6) is 0 Å². The molecule has 11 heteroatoms. The number of aromatic nitrogens is 3. The van der Waals surface area contributed by atoms with Crippen LogP contribution in [-0.4, -0.2) is 49.4 Å². The van der Waals surface area contributed by atoms with Crippen LogP contribution in [0.2, 0.25) is 0 Å². The Bertz CT molecular complexity index is 1380. The highest BCUT2D eigenvalue weighted by Crippen LogP contribution is 2.41. The lowest BCUT2D eigenvalue weighted by Gasteiger charge is -2.42. The van der Waals surface area contributed by atoms with Gasteiger partial charge in [0.1, 0.15) is 5.82 Å². The number of carbonyl (C=O) groups excluding carboxylic acids is 2. The van der Waals surface area contributed by atoms with Gasteiger partial charge < -0.3 is 15.3 Å². The summed E-state index contributed by atoms with van der Waals surface area (Å²) >= 11 is 6.63. The van der Waals surface area contributed by atoms with E-state index in [9.17, 15) is 19.1 Å². The molecule has 8 nitrogen and oxygen atoms in total. The van der Waals surface area contributed by atoms with Gasteiger partial charge in [-0.2, -0.15) is 0 Å². The molecule has 194 valence electrons. The normalized spacial score (nSPS) is 24.4. The minimum atomic E-state index is -1.93. The summed E-state index contributed by atoms with van der Waals surface area (Å²) in [4.78, 5) is 27.7. The molecule has 0 saturated carbocycles. The fraction of sp³-hybridized carbons (Fsp3) is 0.385. The fourth-order valence-corrected chi connectivity index (χ4v) is 6.01. The third-order valence-corrected chi connectivity index (χ3v) is 8.48. The van der Waals surface area contributed by atoms with Gasteiger partial charge in [-0.1, -0.05) is 27.2 Å². The Labute approximate surface area is 230 Å². The Balaban J connectivity index is 1.31. The highest BCUT2D eigenvalue weighted by atomic mass is 79.9. The summed E-state index contributed by atoms with van der Waals surface area (Å²) in [5.41, 5.74) is 0.638. The van der Waals surface area contributed by atoms with Crippen molar-refractivity contribution in [1.29, 1.82) is 0 Å². The smallest absolute Gasteiger partial charge is 0.260 e. The molecule has 37 heavy (non-hydrogen) atoms. The van der Waals surface area contributed by atoms with Gasteiger partial charge in [-0.3, -0.25) is 9.59 Å². The molecule has 0 spiro atoms. The summed E-state index contributed by atoms with van der Waals surface area (Å²) in [6.07, 6.45) is 2.88. The zero-order valence-corrected chi connectivity index (χ0v) is 23.5. The number of nitrogens with zero attached hydrogens (tertiary/aromatic N) is 4. The minimum Gasteiger partial charge on any atom is -0.375 e. The summed E-state index contributed by atoms with van der Waals surface area (Å²) in [6.45, 7) is 4.34. The van der Waals surface area contributed by atoms with Crippen molar-refractivity contribution < 1.29 is 19.1 Å². The lowest BCUT2D eigenvalue weighted by Crippen LogP contribution is -2.55. The largest absolute Gasteiger partial charge is 0.375 e. The maximum atomic E-state index is 13.7. The topological polar surface area (TPSA) is 100 Å². The number of anilines is 1. The Morgan fingerprint density at radius 3 is 2.78 bits per heavy atom. The zero-order valence-electron chi connectivity index (χ0n) is 20.3. The quantitative estimate of drug-likeness (QED) is 0.426. The van der Waals surface area contributed by atoms with Gasteiger partial charge in [-0.15, -0.1) is 5.10 Å². The molecule has 1 aromatic heterocycles. The van der Waals surface area contributed by atoms with Crippen molar-refractivity contribution in [2.45, 2.75) is 56.7 Å². The molecule has 1 saturated heterocycles. The van der Waals surface area contributed by atoms with Gasteiger partial charge in [0, 0.05) is 40.4 Å². The van der Waals surface area contributed by atoms with Gasteiger partial charge in [0.05, 0.1) is 22.6 Å². The van der Waals surface area contributed by atoms with Crippen molar-refractivity contribution in [3.63, 3.8) is 0 Å². The van der Waals surface area contributed by atoms with Crippen molar-refractivity contribution in [3.05, 3.63) is 74.2 Å². The third kappa shape index (κ3) is 4.84. The lowest BCUT2D eigenvalue weighted by molar-refractivity contribution is -0.159. The number of benzene rings is 2. The first-order chi connectivity index (χ1) is 17.6. The fourth-order valence-electron chi connectivity index (χ4n) is 5.25. The molecule has 2 aromatic carbocycles. The lowest BCUT2D eigenvalue weighted by atomic mass is 9.82. The Hall–Kier alpha value is -2.63. The summed E-state index contributed by atoms with van der Waals surface area (Å²) < 4.78 is 16.5. The summed E-state index contributed by atoms with van der Waals surface area (Å²) in [7, 11) is 0. The number of likely N-dealkylation sites (tertiary alicyclic amines) is 1. The maximum Gasteiger partial charge on any atom is 0.260 e. The average Bonchev–Trinajstić information content (AvgIpc) is 3.36. The number of fused-ring (bicyclic) bond motifs is 1. The van der Waals surface area contributed by atoms with Crippen LogP contribution in [0.1, 0.15) is 61.9 Å². The van der Waals surface area contributed by atoms with E-state index in [0.29, 0.717) is 39.6 Å². The van der Waals surface area contributed by atoms with E-state index in [0.717, 1.165) is 11.3 Å². The molecule has 3 unspecified atom stereocenters. The molecule has 2 amide bonds. The summed E-state index contributed by atoms with van der Waals surface area (Å²) in [5.74, 6) is -1.09. The predicted octanol–water partition coefficient (Wildman–Crippen LogP) is 4.88. The average molecular weight is 635 g/mol. The first kappa shape index (κ1) is 26.0. The monoisotopic (exact) mass is 633 g/mol. The highest BCUT2D eigenvalue weighted by Gasteiger charge is 2.49. The zero-order chi connectivity index (χ0) is 26.5. The van der Waals surface area contributed by atoms with Gasteiger partial charge >= 0.3 is 0 Å². The molecule has 4 atom stereocenters. The number of amides is 2. The van der Waals surface area contributed by atoms with Gasteiger partial charge in [0.15, 0.2) is 5.60 Å². The Morgan fingerprint density at radius 2 is 2.05 bits per heavy atom. The molecule has 0 aliphatic carbocycles.